The Morgan fingerprint density at radius 1 is 1.29 bits per heavy atom. The Morgan fingerprint density at radius 2 is 2.12 bits per heavy atom. The molecule has 3 unspecified atom stereocenters. The van der Waals surface area contributed by atoms with Crippen molar-refractivity contribution in [2.75, 3.05) is 26.0 Å². The monoisotopic (exact) mass is 261 g/mol. The SMILES string of the molecule is CS(=O)(=O)C1CCCC(OCC2CCNC2)C1. The maximum Gasteiger partial charge on any atom is 0.150 e. The molecule has 1 aliphatic heterocycles. The highest BCUT2D eigenvalue weighted by Gasteiger charge is 2.29. The average Bonchev–Trinajstić information content (AvgIpc) is 2.78. The van der Waals surface area contributed by atoms with Gasteiger partial charge in [0.05, 0.1) is 18.0 Å². The largest absolute Gasteiger partial charge is 0.378 e. The first kappa shape index (κ1) is 13.3. The van der Waals surface area contributed by atoms with E-state index in [9.17, 15) is 8.42 Å². The summed E-state index contributed by atoms with van der Waals surface area (Å²) in [4.78, 5) is 0. The van der Waals surface area contributed by atoms with Gasteiger partial charge in [-0.1, -0.05) is 0 Å². The molecule has 0 spiro atoms. The van der Waals surface area contributed by atoms with Gasteiger partial charge in [-0.3, -0.25) is 0 Å². The van der Waals surface area contributed by atoms with E-state index in [-0.39, 0.29) is 11.4 Å². The molecule has 17 heavy (non-hydrogen) atoms. The van der Waals surface area contributed by atoms with Crippen molar-refractivity contribution in [1.82, 2.24) is 5.32 Å². The molecule has 0 amide bonds. The molecule has 2 rings (SSSR count). The Kier molecular flexibility index (Phi) is 4.44. The van der Waals surface area contributed by atoms with Gasteiger partial charge < -0.3 is 10.1 Å². The van der Waals surface area contributed by atoms with E-state index in [1.807, 2.05) is 0 Å². The third-order valence-electron chi connectivity index (χ3n) is 3.91. The fraction of sp³-hybridized carbons (Fsp3) is 1.00. The number of sulfone groups is 1. The summed E-state index contributed by atoms with van der Waals surface area (Å²) in [7, 11) is -2.89. The highest BCUT2D eigenvalue weighted by Crippen LogP contribution is 2.26. The van der Waals surface area contributed by atoms with Gasteiger partial charge in [0, 0.05) is 12.8 Å². The normalized spacial score (nSPS) is 35.0. The van der Waals surface area contributed by atoms with Crippen LogP contribution in [0.15, 0.2) is 0 Å². The molecule has 1 aliphatic carbocycles. The van der Waals surface area contributed by atoms with Crippen LogP contribution in [0, 0.1) is 5.92 Å². The lowest BCUT2D eigenvalue weighted by atomic mass is 9.97. The first-order valence-corrected chi connectivity index (χ1v) is 8.52. The third-order valence-corrected chi connectivity index (χ3v) is 5.55. The maximum absolute atomic E-state index is 11.5. The molecular formula is C12H23NO3S. The van der Waals surface area contributed by atoms with Gasteiger partial charge in [-0.25, -0.2) is 8.42 Å². The number of hydrogen-bond donors (Lipinski definition) is 1. The molecule has 0 aromatic rings. The van der Waals surface area contributed by atoms with Gasteiger partial charge in [-0.05, 0) is 44.6 Å². The standard InChI is InChI=1S/C12H23NO3S/c1-17(14,15)12-4-2-3-11(7-12)16-9-10-5-6-13-8-10/h10-13H,2-9H2,1H3. The zero-order chi connectivity index (χ0) is 12.3. The van der Waals surface area contributed by atoms with E-state index in [0.717, 1.165) is 39.0 Å². The molecule has 3 atom stereocenters. The van der Waals surface area contributed by atoms with Crippen LogP contribution in [0.4, 0.5) is 0 Å². The summed E-state index contributed by atoms with van der Waals surface area (Å²) in [6, 6.07) is 0. The fourth-order valence-electron chi connectivity index (χ4n) is 2.77. The van der Waals surface area contributed by atoms with E-state index in [0.29, 0.717) is 12.3 Å². The molecule has 5 heteroatoms. The molecule has 4 nitrogen and oxygen atoms in total. The van der Waals surface area contributed by atoms with Gasteiger partial charge in [0.1, 0.15) is 9.84 Å². The lowest BCUT2D eigenvalue weighted by Gasteiger charge is -2.28. The van der Waals surface area contributed by atoms with Crippen molar-refractivity contribution in [2.45, 2.75) is 43.5 Å². The van der Waals surface area contributed by atoms with E-state index < -0.39 is 9.84 Å². The molecule has 1 heterocycles. The van der Waals surface area contributed by atoms with Crippen LogP contribution in [0.1, 0.15) is 32.1 Å². The van der Waals surface area contributed by atoms with Crippen LogP contribution >= 0.6 is 0 Å². The molecule has 1 N–H and O–H groups in total. The summed E-state index contributed by atoms with van der Waals surface area (Å²) in [5.74, 6) is 0.619. The van der Waals surface area contributed by atoms with E-state index in [1.165, 1.54) is 12.7 Å². The van der Waals surface area contributed by atoms with E-state index in [2.05, 4.69) is 5.32 Å². The minimum absolute atomic E-state index is 0.157. The highest BCUT2D eigenvalue weighted by atomic mass is 32.2. The molecule has 0 aromatic heterocycles. The van der Waals surface area contributed by atoms with E-state index >= 15 is 0 Å². The predicted molar refractivity (Wildman–Crippen MR) is 67.8 cm³/mol. The van der Waals surface area contributed by atoms with Gasteiger partial charge in [-0.2, -0.15) is 0 Å². The second kappa shape index (κ2) is 5.67. The average molecular weight is 261 g/mol. The summed E-state index contributed by atoms with van der Waals surface area (Å²) in [6.07, 6.45) is 6.19. The number of rotatable bonds is 4. The second-order valence-electron chi connectivity index (χ2n) is 5.43. The molecule has 0 aromatic carbocycles. The molecule has 2 aliphatic rings. The maximum atomic E-state index is 11.5. The second-order valence-corrected chi connectivity index (χ2v) is 7.76. The Labute approximate surface area is 104 Å². The summed E-state index contributed by atoms with van der Waals surface area (Å²) in [5, 5.41) is 3.14. The molecule has 1 saturated carbocycles. The third kappa shape index (κ3) is 3.93. The van der Waals surface area contributed by atoms with Crippen LogP contribution in [0.25, 0.3) is 0 Å². The van der Waals surface area contributed by atoms with Crippen molar-refractivity contribution < 1.29 is 13.2 Å². The van der Waals surface area contributed by atoms with Crippen LogP contribution in [-0.4, -0.2) is 45.7 Å². The first-order chi connectivity index (χ1) is 8.05. The first-order valence-electron chi connectivity index (χ1n) is 6.57. The number of ether oxygens (including phenoxy) is 1. The van der Waals surface area contributed by atoms with Gasteiger partial charge in [-0.15, -0.1) is 0 Å². The van der Waals surface area contributed by atoms with Crippen molar-refractivity contribution in [2.24, 2.45) is 5.92 Å². The summed E-state index contributed by atoms with van der Waals surface area (Å²) in [5.41, 5.74) is 0. The summed E-state index contributed by atoms with van der Waals surface area (Å²) < 4.78 is 28.9. The van der Waals surface area contributed by atoms with Crippen LogP contribution < -0.4 is 5.32 Å². The quantitative estimate of drug-likeness (QED) is 0.819. The minimum atomic E-state index is -2.89. The molecule has 1 saturated heterocycles. The van der Waals surface area contributed by atoms with Crippen molar-refractivity contribution in [3.8, 4) is 0 Å². The van der Waals surface area contributed by atoms with Crippen molar-refractivity contribution >= 4 is 9.84 Å². The zero-order valence-corrected chi connectivity index (χ0v) is 11.3. The minimum Gasteiger partial charge on any atom is -0.378 e. The van der Waals surface area contributed by atoms with Crippen LogP contribution in [0.2, 0.25) is 0 Å². The Balaban J connectivity index is 1.77. The highest BCUT2D eigenvalue weighted by molar-refractivity contribution is 7.91. The lowest BCUT2D eigenvalue weighted by Crippen LogP contribution is -2.32. The van der Waals surface area contributed by atoms with Gasteiger partial charge in [0.2, 0.25) is 0 Å². The van der Waals surface area contributed by atoms with Crippen molar-refractivity contribution in [3.63, 3.8) is 0 Å². The number of nitrogens with one attached hydrogen (secondary N) is 1. The Morgan fingerprint density at radius 3 is 2.76 bits per heavy atom. The zero-order valence-electron chi connectivity index (χ0n) is 10.5. The smallest absolute Gasteiger partial charge is 0.150 e. The lowest BCUT2D eigenvalue weighted by molar-refractivity contribution is 0.0120. The van der Waals surface area contributed by atoms with Crippen LogP contribution in [-0.2, 0) is 14.6 Å². The Hall–Kier alpha value is -0.130. The summed E-state index contributed by atoms with van der Waals surface area (Å²) in [6.45, 7) is 2.92. The van der Waals surface area contributed by atoms with Crippen LogP contribution in [0.3, 0.4) is 0 Å². The van der Waals surface area contributed by atoms with E-state index in [1.54, 1.807) is 0 Å². The van der Waals surface area contributed by atoms with Gasteiger partial charge in [0.25, 0.3) is 0 Å². The predicted octanol–water partition coefficient (Wildman–Crippen LogP) is 0.968. The van der Waals surface area contributed by atoms with Gasteiger partial charge in [0.15, 0.2) is 0 Å². The Bertz CT molecular complexity index is 336. The van der Waals surface area contributed by atoms with Crippen molar-refractivity contribution in [3.05, 3.63) is 0 Å². The molecular weight excluding hydrogens is 238 g/mol. The molecule has 100 valence electrons. The topological polar surface area (TPSA) is 55.4 Å². The number of hydrogen-bond acceptors (Lipinski definition) is 4. The van der Waals surface area contributed by atoms with Gasteiger partial charge >= 0.3 is 0 Å². The summed E-state index contributed by atoms with van der Waals surface area (Å²) >= 11 is 0. The molecule has 2 fully saturated rings. The van der Waals surface area contributed by atoms with Crippen molar-refractivity contribution in [1.29, 1.82) is 0 Å². The van der Waals surface area contributed by atoms with E-state index in [4.69, 9.17) is 4.74 Å². The molecule has 0 bridgehead atoms. The fourth-order valence-corrected chi connectivity index (χ4v) is 3.93. The van der Waals surface area contributed by atoms with Crippen LogP contribution in [0.5, 0.6) is 0 Å². The molecule has 0 radical (unpaired) electrons.